The summed E-state index contributed by atoms with van der Waals surface area (Å²) >= 11 is 1.89. The second kappa shape index (κ2) is 10.8. The van der Waals surface area contributed by atoms with Gasteiger partial charge in [-0.3, -0.25) is 0 Å². The Bertz CT molecular complexity index is 3140. The van der Waals surface area contributed by atoms with Gasteiger partial charge in [0.25, 0.3) is 0 Å². The van der Waals surface area contributed by atoms with E-state index < -0.39 is 0 Å². The summed E-state index contributed by atoms with van der Waals surface area (Å²) in [6.45, 7) is 2.09. The maximum Gasteiger partial charge on any atom is 0.164 e. The summed E-state index contributed by atoms with van der Waals surface area (Å²) in [4.78, 5) is 14.9. The first-order chi connectivity index (χ1) is 25.2. The minimum absolute atomic E-state index is 0.656. The van der Waals surface area contributed by atoms with Crippen LogP contribution in [0.15, 0.2) is 152 Å². The maximum absolute atomic E-state index is 5.01. The largest absolute Gasteiger partial charge is 0.307 e. The average molecular weight is 669 g/mol. The number of thiophene rings is 1. The van der Waals surface area contributed by atoms with E-state index in [9.17, 15) is 0 Å². The fourth-order valence-electron chi connectivity index (χ4n) is 7.80. The van der Waals surface area contributed by atoms with Crippen LogP contribution in [-0.4, -0.2) is 19.4 Å². The van der Waals surface area contributed by atoms with E-state index in [2.05, 4.69) is 133 Å². The van der Waals surface area contributed by atoms with Crippen LogP contribution in [0.3, 0.4) is 0 Å². The van der Waals surface area contributed by atoms with Crippen molar-refractivity contribution in [3.05, 3.63) is 157 Å². The molecule has 0 saturated heterocycles. The van der Waals surface area contributed by atoms with E-state index in [1.54, 1.807) is 0 Å². The summed E-state index contributed by atoms with van der Waals surface area (Å²) in [5.74, 6) is 1.98. The second-order valence-electron chi connectivity index (χ2n) is 13.3. The SMILES string of the molecule is Cc1ccc(-c2nc(-c3ccccc3)nc(-c3cccc(-c4ccc5sc6c(ccc7c8cccc9c%10ccccc%10n(c98)c76)c5c4)c3)n2)cc1. The maximum atomic E-state index is 5.01. The minimum Gasteiger partial charge on any atom is -0.307 e. The first-order valence-electron chi connectivity index (χ1n) is 17.2. The molecule has 0 aliphatic rings. The number of benzene rings is 7. The summed E-state index contributed by atoms with van der Waals surface area (Å²) in [5, 5.41) is 7.81. The molecule has 0 spiro atoms. The summed E-state index contributed by atoms with van der Waals surface area (Å²) in [5.41, 5.74) is 10.3. The first kappa shape index (κ1) is 28.4. The predicted molar refractivity (Wildman–Crippen MR) is 214 cm³/mol. The molecule has 0 bridgehead atoms. The van der Waals surface area contributed by atoms with Crippen molar-refractivity contribution >= 4 is 69.6 Å². The lowest BCUT2D eigenvalue weighted by atomic mass is 10.00. The molecule has 0 atom stereocenters. The Hall–Kier alpha value is -6.43. The van der Waals surface area contributed by atoms with Gasteiger partial charge >= 0.3 is 0 Å². The van der Waals surface area contributed by atoms with Gasteiger partial charge in [-0.1, -0.05) is 133 Å². The third kappa shape index (κ3) is 4.28. The molecule has 51 heavy (non-hydrogen) atoms. The second-order valence-corrected chi connectivity index (χ2v) is 14.4. The molecule has 11 aromatic rings. The van der Waals surface area contributed by atoms with Gasteiger partial charge in [-0.15, -0.1) is 11.3 Å². The third-order valence-corrected chi connectivity index (χ3v) is 11.4. The lowest BCUT2D eigenvalue weighted by Crippen LogP contribution is -2.00. The summed E-state index contributed by atoms with van der Waals surface area (Å²) in [6.07, 6.45) is 0. The lowest BCUT2D eigenvalue weighted by molar-refractivity contribution is 1.07. The summed E-state index contributed by atoms with van der Waals surface area (Å²) in [6, 6.07) is 54.1. The Balaban J connectivity index is 1.07. The first-order valence-corrected chi connectivity index (χ1v) is 18.0. The Morgan fingerprint density at radius 2 is 0.980 bits per heavy atom. The fourth-order valence-corrected chi connectivity index (χ4v) is 9.02. The van der Waals surface area contributed by atoms with E-state index in [0.29, 0.717) is 17.5 Å². The van der Waals surface area contributed by atoms with E-state index in [1.807, 2.05) is 41.7 Å². The third-order valence-electron chi connectivity index (χ3n) is 10.3. The van der Waals surface area contributed by atoms with Crippen LogP contribution in [0.5, 0.6) is 0 Å². The Labute approximate surface area is 297 Å². The van der Waals surface area contributed by atoms with Crippen LogP contribution in [0.2, 0.25) is 0 Å². The van der Waals surface area contributed by atoms with Crippen molar-refractivity contribution in [1.29, 1.82) is 0 Å². The number of nitrogens with zero attached hydrogens (tertiary/aromatic N) is 4. The van der Waals surface area contributed by atoms with E-state index in [1.165, 1.54) is 63.8 Å². The summed E-state index contributed by atoms with van der Waals surface area (Å²) in [7, 11) is 0. The molecule has 5 heteroatoms. The molecular weight excluding hydrogens is 641 g/mol. The summed E-state index contributed by atoms with van der Waals surface area (Å²) < 4.78 is 5.12. The molecule has 7 aromatic carbocycles. The molecule has 0 unspecified atom stereocenters. The van der Waals surface area contributed by atoms with Crippen LogP contribution in [0.4, 0.5) is 0 Å². The Morgan fingerprint density at radius 1 is 0.412 bits per heavy atom. The van der Waals surface area contributed by atoms with Crippen molar-refractivity contribution < 1.29 is 0 Å². The van der Waals surface area contributed by atoms with Gasteiger partial charge in [-0.25, -0.2) is 15.0 Å². The Kier molecular flexibility index (Phi) is 6.01. The number of aryl methyl sites for hydroxylation is 1. The van der Waals surface area contributed by atoms with Crippen molar-refractivity contribution in [2.75, 3.05) is 0 Å². The van der Waals surface area contributed by atoms with Gasteiger partial charge < -0.3 is 4.40 Å². The molecule has 4 nitrogen and oxygen atoms in total. The van der Waals surface area contributed by atoms with E-state index in [4.69, 9.17) is 15.0 Å². The number of rotatable bonds is 4. The molecule has 0 fully saturated rings. The molecular formula is C46H28N4S. The molecule has 0 radical (unpaired) electrons. The number of hydrogen-bond donors (Lipinski definition) is 0. The van der Waals surface area contributed by atoms with Crippen LogP contribution in [0.25, 0.3) is 104 Å². The van der Waals surface area contributed by atoms with Crippen molar-refractivity contribution in [2.24, 2.45) is 0 Å². The van der Waals surface area contributed by atoms with Crippen molar-refractivity contribution in [3.8, 4) is 45.3 Å². The smallest absolute Gasteiger partial charge is 0.164 e. The zero-order chi connectivity index (χ0) is 33.6. The fraction of sp³-hybridized carbons (Fsp3) is 0.0217. The van der Waals surface area contributed by atoms with Gasteiger partial charge in [0.2, 0.25) is 0 Å². The quantitative estimate of drug-likeness (QED) is 0.187. The van der Waals surface area contributed by atoms with Crippen LogP contribution < -0.4 is 0 Å². The van der Waals surface area contributed by atoms with Gasteiger partial charge in [-0.05, 0) is 42.3 Å². The van der Waals surface area contributed by atoms with Crippen molar-refractivity contribution in [2.45, 2.75) is 6.92 Å². The number of hydrogen-bond acceptors (Lipinski definition) is 4. The highest BCUT2D eigenvalue weighted by atomic mass is 32.1. The van der Waals surface area contributed by atoms with E-state index in [0.717, 1.165) is 27.8 Å². The van der Waals surface area contributed by atoms with E-state index >= 15 is 0 Å². The molecule has 0 aliphatic heterocycles. The van der Waals surface area contributed by atoms with Gasteiger partial charge in [0, 0.05) is 53.7 Å². The normalized spacial score (nSPS) is 12.0. The number of fused-ring (bicyclic) bond motifs is 10. The molecule has 11 rings (SSSR count). The molecule has 0 aliphatic carbocycles. The predicted octanol–water partition coefficient (Wildman–Crippen LogP) is 12.4. The van der Waals surface area contributed by atoms with Crippen LogP contribution in [0.1, 0.15) is 5.56 Å². The molecule has 0 amide bonds. The Morgan fingerprint density at radius 3 is 1.80 bits per heavy atom. The average Bonchev–Trinajstić information content (AvgIpc) is 3.85. The zero-order valence-electron chi connectivity index (χ0n) is 27.6. The highest BCUT2D eigenvalue weighted by molar-refractivity contribution is 7.26. The number of aromatic nitrogens is 4. The van der Waals surface area contributed by atoms with Crippen LogP contribution in [-0.2, 0) is 0 Å². The highest BCUT2D eigenvalue weighted by Crippen LogP contribution is 2.46. The molecule has 0 saturated carbocycles. The van der Waals surface area contributed by atoms with Gasteiger partial charge in [0.15, 0.2) is 17.5 Å². The lowest BCUT2D eigenvalue weighted by Gasteiger charge is -2.10. The molecule has 238 valence electrons. The van der Waals surface area contributed by atoms with Crippen LogP contribution in [0, 0.1) is 6.92 Å². The van der Waals surface area contributed by atoms with Gasteiger partial charge in [0.1, 0.15) is 0 Å². The zero-order valence-corrected chi connectivity index (χ0v) is 28.4. The van der Waals surface area contributed by atoms with E-state index in [-0.39, 0.29) is 0 Å². The van der Waals surface area contributed by atoms with Crippen LogP contribution >= 0.6 is 11.3 Å². The molecule has 0 N–H and O–H groups in total. The molecule has 4 heterocycles. The number of para-hydroxylation sites is 2. The minimum atomic E-state index is 0.656. The van der Waals surface area contributed by atoms with Crippen molar-refractivity contribution in [3.63, 3.8) is 0 Å². The topological polar surface area (TPSA) is 43.1 Å². The molecule has 4 aromatic heterocycles. The monoisotopic (exact) mass is 668 g/mol. The highest BCUT2D eigenvalue weighted by Gasteiger charge is 2.20. The van der Waals surface area contributed by atoms with Gasteiger partial charge in [-0.2, -0.15) is 0 Å². The van der Waals surface area contributed by atoms with Gasteiger partial charge in [0.05, 0.1) is 21.3 Å². The standard InChI is InChI=1S/C46H28N4S/c1-27-17-19-29(20-18-27)45-47-44(28-9-3-2-4-10-28)48-46(49-45)32-12-7-11-30(25-32)31-21-24-40-38(26-31)37-23-22-36-35-15-8-14-34-33-13-5-6-16-39(33)50(41(34)35)42(36)43(37)51-40/h2-26H,1H3. The van der Waals surface area contributed by atoms with Crippen molar-refractivity contribution in [1.82, 2.24) is 19.4 Å².